The lowest BCUT2D eigenvalue weighted by molar-refractivity contribution is 0.0682. The molecule has 0 fully saturated rings. The Morgan fingerprint density at radius 1 is 1.12 bits per heavy atom. The van der Waals surface area contributed by atoms with Gasteiger partial charge in [0.2, 0.25) is 5.76 Å². The predicted octanol–water partition coefficient (Wildman–Crippen LogP) is 4.45. The van der Waals surface area contributed by atoms with Crippen LogP contribution in [0.25, 0.3) is 11.3 Å². The highest BCUT2D eigenvalue weighted by atomic mass is 19.1. The van der Waals surface area contributed by atoms with Crippen molar-refractivity contribution in [2.75, 3.05) is 6.54 Å². The smallest absolute Gasteiger partial charge is 0.292 e. The van der Waals surface area contributed by atoms with E-state index in [0.717, 1.165) is 29.0 Å². The van der Waals surface area contributed by atoms with Gasteiger partial charge >= 0.3 is 0 Å². The van der Waals surface area contributed by atoms with Crippen LogP contribution in [0.2, 0.25) is 0 Å². The highest BCUT2D eigenvalue weighted by Crippen LogP contribution is 2.35. The van der Waals surface area contributed by atoms with Crippen molar-refractivity contribution in [1.29, 1.82) is 0 Å². The van der Waals surface area contributed by atoms with Gasteiger partial charge in [-0.1, -0.05) is 29.4 Å². The summed E-state index contributed by atoms with van der Waals surface area (Å²) >= 11 is 0. The number of hydrogen-bond donors (Lipinski definition) is 0. The van der Waals surface area contributed by atoms with Crippen molar-refractivity contribution in [3.8, 4) is 11.3 Å². The Morgan fingerprint density at radius 2 is 1.94 bits per heavy atom. The van der Waals surface area contributed by atoms with E-state index in [4.69, 9.17) is 4.52 Å². The topological polar surface area (TPSA) is 64.2 Å². The van der Waals surface area contributed by atoms with Crippen LogP contribution >= 0.6 is 0 Å². The number of aryl methyl sites for hydroxylation is 1. The van der Waals surface area contributed by atoms with Crippen LogP contribution < -0.4 is 0 Å². The molecule has 8 heteroatoms. The van der Waals surface area contributed by atoms with Crippen molar-refractivity contribution in [1.82, 2.24) is 19.8 Å². The van der Waals surface area contributed by atoms with E-state index in [0.29, 0.717) is 13.1 Å². The van der Waals surface area contributed by atoms with E-state index in [1.807, 2.05) is 43.0 Å². The number of nitrogens with zero attached hydrogens (tertiary/aromatic N) is 4. The number of benzene rings is 2. The van der Waals surface area contributed by atoms with Crippen LogP contribution in [-0.4, -0.2) is 32.3 Å². The standard InChI is InChI=1S/C24H20F2N4O2/c1-14-19(11-27-29(14)2)20-13-30(12-15-5-3-4-6-17(15)20)24(31)23-10-22(28-32-23)18-8-7-16(25)9-21(18)26/h3-11,20H,12-13H2,1-2H3. The number of halogens is 2. The summed E-state index contributed by atoms with van der Waals surface area (Å²) in [6, 6.07) is 12.6. The largest absolute Gasteiger partial charge is 0.350 e. The monoisotopic (exact) mass is 434 g/mol. The molecule has 1 aliphatic rings. The van der Waals surface area contributed by atoms with Crippen LogP contribution in [0.4, 0.5) is 8.78 Å². The average Bonchev–Trinajstić information content (AvgIpc) is 3.40. The summed E-state index contributed by atoms with van der Waals surface area (Å²) in [5.41, 5.74) is 4.52. The third kappa shape index (κ3) is 3.37. The van der Waals surface area contributed by atoms with Crippen LogP contribution in [-0.2, 0) is 13.6 Å². The number of fused-ring (bicyclic) bond motifs is 1. The Balaban J connectivity index is 1.47. The second kappa shape index (κ2) is 7.71. The summed E-state index contributed by atoms with van der Waals surface area (Å²) in [6.45, 7) is 2.88. The number of hydrogen-bond acceptors (Lipinski definition) is 4. The highest BCUT2D eigenvalue weighted by molar-refractivity contribution is 5.92. The lowest BCUT2D eigenvalue weighted by Gasteiger charge is -2.34. The average molecular weight is 434 g/mol. The molecule has 1 amide bonds. The summed E-state index contributed by atoms with van der Waals surface area (Å²) in [6.07, 6.45) is 1.84. The van der Waals surface area contributed by atoms with Crippen LogP contribution in [0.15, 0.2) is 59.3 Å². The second-order valence-corrected chi connectivity index (χ2v) is 7.95. The van der Waals surface area contributed by atoms with Crippen LogP contribution in [0.5, 0.6) is 0 Å². The molecule has 2 aromatic heterocycles. The first-order chi connectivity index (χ1) is 15.4. The van der Waals surface area contributed by atoms with Crippen molar-refractivity contribution in [3.05, 3.63) is 94.5 Å². The minimum absolute atomic E-state index is 0.00441. The van der Waals surface area contributed by atoms with Crippen molar-refractivity contribution < 1.29 is 18.1 Å². The van der Waals surface area contributed by atoms with Gasteiger partial charge in [0.25, 0.3) is 5.91 Å². The third-order valence-electron chi connectivity index (χ3n) is 6.06. The normalized spacial score (nSPS) is 15.6. The lowest BCUT2D eigenvalue weighted by atomic mass is 9.85. The van der Waals surface area contributed by atoms with Gasteiger partial charge in [0, 0.05) is 55.0 Å². The number of aromatic nitrogens is 3. The van der Waals surface area contributed by atoms with Crippen molar-refractivity contribution in [2.24, 2.45) is 7.05 Å². The fourth-order valence-electron chi connectivity index (χ4n) is 4.24. The number of rotatable bonds is 3. The molecule has 0 N–H and O–H groups in total. The maximum absolute atomic E-state index is 14.1. The molecule has 6 nitrogen and oxygen atoms in total. The van der Waals surface area contributed by atoms with Gasteiger partial charge in [-0.05, 0) is 30.2 Å². The fourth-order valence-corrected chi connectivity index (χ4v) is 4.24. The van der Waals surface area contributed by atoms with E-state index in [1.165, 1.54) is 17.7 Å². The Morgan fingerprint density at radius 3 is 2.69 bits per heavy atom. The molecule has 1 aliphatic heterocycles. The Labute approximate surface area is 183 Å². The number of carbonyl (C=O) groups is 1. The molecule has 2 aromatic carbocycles. The molecular weight excluding hydrogens is 414 g/mol. The highest BCUT2D eigenvalue weighted by Gasteiger charge is 2.32. The summed E-state index contributed by atoms with van der Waals surface area (Å²) in [7, 11) is 1.89. The Hall–Kier alpha value is -3.81. The zero-order valence-electron chi connectivity index (χ0n) is 17.5. The Kier molecular flexibility index (Phi) is 4.84. The zero-order valence-corrected chi connectivity index (χ0v) is 17.5. The third-order valence-corrected chi connectivity index (χ3v) is 6.06. The van der Waals surface area contributed by atoms with Gasteiger partial charge in [0.15, 0.2) is 0 Å². The summed E-state index contributed by atoms with van der Waals surface area (Å²) in [4.78, 5) is 15.0. The first kappa shape index (κ1) is 20.1. The number of amides is 1. The van der Waals surface area contributed by atoms with Crippen LogP contribution in [0.3, 0.4) is 0 Å². The van der Waals surface area contributed by atoms with E-state index in [2.05, 4.69) is 16.3 Å². The lowest BCUT2D eigenvalue weighted by Crippen LogP contribution is -2.38. The van der Waals surface area contributed by atoms with Gasteiger partial charge in [-0.15, -0.1) is 0 Å². The van der Waals surface area contributed by atoms with E-state index < -0.39 is 11.6 Å². The molecule has 0 spiro atoms. The molecule has 0 saturated carbocycles. The van der Waals surface area contributed by atoms with Crippen molar-refractivity contribution >= 4 is 5.91 Å². The van der Waals surface area contributed by atoms with E-state index >= 15 is 0 Å². The van der Waals surface area contributed by atoms with Gasteiger partial charge in [0.1, 0.15) is 17.3 Å². The predicted molar refractivity (Wildman–Crippen MR) is 113 cm³/mol. The van der Waals surface area contributed by atoms with Gasteiger partial charge in [-0.3, -0.25) is 9.48 Å². The van der Waals surface area contributed by atoms with Crippen LogP contribution in [0.1, 0.15) is 38.9 Å². The summed E-state index contributed by atoms with van der Waals surface area (Å²) in [5.74, 6) is -1.82. The molecule has 5 rings (SSSR count). The quantitative estimate of drug-likeness (QED) is 0.478. The van der Waals surface area contributed by atoms with Gasteiger partial charge in [-0.25, -0.2) is 8.78 Å². The van der Waals surface area contributed by atoms with Crippen molar-refractivity contribution in [3.63, 3.8) is 0 Å². The number of carbonyl (C=O) groups excluding carboxylic acids is 1. The van der Waals surface area contributed by atoms with E-state index in [1.54, 1.807) is 4.90 Å². The molecule has 162 valence electrons. The molecule has 1 unspecified atom stereocenters. The first-order valence-corrected chi connectivity index (χ1v) is 10.2. The Bertz CT molecular complexity index is 1330. The van der Waals surface area contributed by atoms with E-state index in [-0.39, 0.29) is 28.8 Å². The van der Waals surface area contributed by atoms with E-state index in [9.17, 15) is 13.6 Å². The molecule has 0 saturated heterocycles. The SMILES string of the molecule is Cc1c(C2CN(C(=O)c3cc(-c4ccc(F)cc4F)no3)Cc3ccccc32)cnn1C. The maximum atomic E-state index is 14.1. The molecule has 3 heterocycles. The van der Waals surface area contributed by atoms with Crippen molar-refractivity contribution in [2.45, 2.75) is 19.4 Å². The molecular formula is C24H20F2N4O2. The fraction of sp³-hybridized carbons (Fsp3) is 0.208. The molecule has 0 aliphatic carbocycles. The molecule has 0 bridgehead atoms. The van der Waals surface area contributed by atoms with Gasteiger partial charge in [0.05, 0.1) is 6.20 Å². The van der Waals surface area contributed by atoms with Crippen LogP contribution in [0, 0.1) is 18.6 Å². The second-order valence-electron chi connectivity index (χ2n) is 7.95. The molecule has 1 atom stereocenters. The summed E-state index contributed by atoms with van der Waals surface area (Å²) < 4.78 is 34.4. The van der Waals surface area contributed by atoms with Gasteiger partial charge in [-0.2, -0.15) is 5.10 Å². The minimum Gasteiger partial charge on any atom is -0.350 e. The van der Waals surface area contributed by atoms with Gasteiger partial charge < -0.3 is 9.42 Å². The molecule has 0 radical (unpaired) electrons. The minimum atomic E-state index is -0.767. The maximum Gasteiger partial charge on any atom is 0.292 e. The summed E-state index contributed by atoms with van der Waals surface area (Å²) in [5, 5.41) is 8.20. The first-order valence-electron chi connectivity index (χ1n) is 10.2. The molecule has 32 heavy (non-hydrogen) atoms. The molecule has 4 aromatic rings. The zero-order chi connectivity index (χ0) is 22.4.